The lowest BCUT2D eigenvalue weighted by molar-refractivity contribution is 0.0465. The Morgan fingerprint density at radius 3 is 2.42 bits per heavy atom. The van der Waals surface area contributed by atoms with Crippen molar-refractivity contribution in [2.75, 3.05) is 13.7 Å². The summed E-state index contributed by atoms with van der Waals surface area (Å²) in [5.41, 5.74) is 0.583. The summed E-state index contributed by atoms with van der Waals surface area (Å²) < 4.78 is 24.7. The number of hydrogen-bond acceptors (Lipinski definition) is 5. The van der Waals surface area contributed by atoms with Crippen molar-refractivity contribution in [3.05, 3.63) is 53.1 Å². The van der Waals surface area contributed by atoms with Gasteiger partial charge in [0.1, 0.15) is 5.69 Å². The van der Waals surface area contributed by atoms with Crippen molar-refractivity contribution in [1.82, 2.24) is 4.57 Å². The second kappa shape index (κ2) is 7.08. The number of ketones is 2. The smallest absolute Gasteiger partial charge is 0.355 e. The van der Waals surface area contributed by atoms with Crippen molar-refractivity contribution in [2.24, 2.45) is 7.05 Å². The summed E-state index contributed by atoms with van der Waals surface area (Å²) in [6.45, 7) is 0.845. The van der Waals surface area contributed by atoms with Crippen LogP contribution in [0.5, 0.6) is 5.75 Å². The van der Waals surface area contributed by atoms with E-state index in [0.29, 0.717) is 5.56 Å². The van der Waals surface area contributed by atoms with Crippen LogP contribution < -0.4 is 4.74 Å². The molecular formula is C17H16FNO5. The molecular weight excluding hydrogens is 317 g/mol. The molecule has 0 saturated heterocycles. The first-order valence-electron chi connectivity index (χ1n) is 7.04. The first-order chi connectivity index (χ1) is 11.3. The predicted molar refractivity (Wildman–Crippen MR) is 83.0 cm³/mol. The number of aromatic nitrogens is 1. The Morgan fingerprint density at radius 2 is 1.88 bits per heavy atom. The summed E-state index contributed by atoms with van der Waals surface area (Å²) in [5, 5.41) is 0. The van der Waals surface area contributed by atoms with Gasteiger partial charge in [-0.25, -0.2) is 9.18 Å². The third-order valence-corrected chi connectivity index (χ3v) is 3.43. The number of carbonyl (C=O) groups excluding carboxylic acids is 3. The van der Waals surface area contributed by atoms with Gasteiger partial charge in [0.15, 0.2) is 29.7 Å². The average Bonchev–Trinajstić information content (AvgIpc) is 2.94. The lowest BCUT2D eigenvalue weighted by Gasteiger charge is -2.06. The van der Waals surface area contributed by atoms with Gasteiger partial charge in [0, 0.05) is 24.4 Å². The van der Waals surface area contributed by atoms with Crippen molar-refractivity contribution in [2.45, 2.75) is 6.92 Å². The van der Waals surface area contributed by atoms with E-state index >= 15 is 0 Å². The molecule has 1 aromatic heterocycles. The van der Waals surface area contributed by atoms with E-state index < -0.39 is 24.2 Å². The van der Waals surface area contributed by atoms with E-state index in [1.165, 1.54) is 43.0 Å². The molecule has 0 saturated carbocycles. The van der Waals surface area contributed by atoms with Gasteiger partial charge in [0.05, 0.1) is 7.11 Å². The number of carbonyl (C=O) groups is 3. The third-order valence-electron chi connectivity index (χ3n) is 3.43. The number of rotatable bonds is 6. The summed E-state index contributed by atoms with van der Waals surface area (Å²) in [6.07, 6.45) is 1.50. The zero-order valence-electron chi connectivity index (χ0n) is 13.5. The molecule has 6 nitrogen and oxygen atoms in total. The van der Waals surface area contributed by atoms with E-state index in [9.17, 15) is 18.8 Å². The molecule has 0 aliphatic carbocycles. The standard InChI is InChI=1S/C17H16FNO5/c1-10(20)12-7-14(19(2)8-12)17(22)24-9-15(21)11-4-5-16(23-3)13(18)6-11/h4-8H,9H2,1-3H3. The molecule has 1 heterocycles. The van der Waals surface area contributed by atoms with Gasteiger partial charge in [-0.05, 0) is 31.2 Å². The van der Waals surface area contributed by atoms with Gasteiger partial charge < -0.3 is 14.0 Å². The number of nitrogens with zero attached hydrogens (tertiary/aromatic N) is 1. The molecule has 1 aromatic carbocycles. The molecule has 7 heteroatoms. The largest absolute Gasteiger partial charge is 0.494 e. The van der Waals surface area contributed by atoms with Gasteiger partial charge >= 0.3 is 5.97 Å². The van der Waals surface area contributed by atoms with Crippen LogP contribution in [0.25, 0.3) is 0 Å². The lowest BCUT2D eigenvalue weighted by atomic mass is 10.1. The van der Waals surface area contributed by atoms with Crippen LogP contribution in [0.3, 0.4) is 0 Å². The minimum Gasteiger partial charge on any atom is -0.494 e. The maximum Gasteiger partial charge on any atom is 0.355 e. The van der Waals surface area contributed by atoms with E-state index in [4.69, 9.17) is 9.47 Å². The van der Waals surface area contributed by atoms with E-state index in [0.717, 1.165) is 6.07 Å². The monoisotopic (exact) mass is 333 g/mol. The topological polar surface area (TPSA) is 74.6 Å². The third kappa shape index (κ3) is 3.68. The molecule has 0 N–H and O–H groups in total. The first-order valence-corrected chi connectivity index (χ1v) is 7.04. The summed E-state index contributed by atoms with van der Waals surface area (Å²) in [5.74, 6) is -2.14. The van der Waals surface area contributed by atoms with Crippen LogP contribution in [0.4, 0.5) is 4.39 Å². The lowest BCUT2D eigenvalue weighted by Crippen LogP contribution is -2.16. The van der Waals surface area contributed by atoms with Gasteiger partial charge in [-0.2, -0.15) is 0 Å². The predicted octanol–water partition coefficient (Wildman–Crippen LogP) is 2.42. The summed E-state index contributed by atoms with van der Waals surface area (Å²) >= 11 is 0. The van der Waals surface area contributed by atoms with E-state index in [1.807, 2.05) is 0 Å². The molecule has 2 rings (SSSR count). The van der Waals surface area contributed by atoms with Crippen molar-refractivity contribution in [3.8, 4) is 5.75 Å². The Morgan fingerprint density at radius 1 is 1.17 bits per heavy atom. The van der Waals surface area contributed by atoms with Gasteiger partial charge in [-0.3, -0.25) is 9.59 Å². The fourth-order valence-electron chi connectivity index (χ4n) is 2.09. The van der Waals surface area contributed by atoms with E-state index in [1.54, 1.807) is 7.05 Å². The van der Waals surface area contributed by atoms with Crippen LogP contribution in [0.2, 0.25) is 0 Å². The molecule has 0 radical (unpaired) electrons. The maximum atomic E-state index is 13.6. The number of aryl methyl sites for hydroxylation is 1. The molecule has 0 spiro atoms. The molecule has 0 fully saturated rings. The minimum atomic E-state index is -0.743. The number of methoxy groups -OCH3 is 1. The number of Topliss-reactive ketones (excluding diaryl/α,β-unsaturated/α-hetero) is 2. The molecule has 0 aliphatic heterocycles. The zero-order chi connectivity index (χ0) is 17.9. The van der Waals surface area contributed by atoms with Crippen molar-refractivity contribution in [1.29, 1.82) is 0 Å². The zero-order valence-corrected chi connectivity index (χ0v) is 13.5. The molecule has 2 aromatic rings. The van der Waals surface area contributed by atoms with Crippen LogP contribution in [0, 0.1) is 5.82 Å². The number of hydrogen-bond donors (Lipinski definition) is 0. The fourth-order valence-corrected chi connectivity index (χ4v) is 2.09. The number of halogens is 1. The minimum absolute atomic E-state index is 0.0177. The highest BCUT2D eigenvalue weighted by Crippen LogP contribution is 2.18. The Kier molecular flexibility index (Phi) is 5.13. The number of esters is 1. The van der Waals surface area contributed by atoms with Gasteiger partial charge in [-0.15, -0.1) is 0 Å². The number of ether oxygens (including phenoxy) is 2. The molecule has 0 bridgehead atoms. The van der Waals surface area contributed by atoms with E-state index in [2.05, 4.69) is 0 Å². The Labute approximate surface area is 137 Å². The maximum absolute atomic E-state index is 13.6. The molecule has 0 amide bonds. The summed E-state index contributed by atoms with van der Waals surface area (Å²) in [6, 6.07) is 5.11. The molecule has 24 heavy (non-hydrogen) atoms. The van der Waals surface area contributed by atoms with Crippen LogP contribution in [0.15, 0.2) is 30.5 Å². The number of benzene rings is 1. The quantitative estimate of drug-likeness (QED) is 0.599. The summed E-state index contributed by atoms with van der Waals surface area (Å²) in [7, 11) is 2.90. The van der Waals surface area contributed by atoms with Crippen molar-refractivity contribution >= 4 is 17.5 Å². The highest BCUT2D eigenvalue weighted by molar-refractivity contribution is 6.00. The summed E-state index contributed by atoms with van der Waals surface area (Å²) in [4.78, 5) is 35.3. The Hall–Kier alpha value is -2.96. The molecule has 126 valence electrons. The first kappa shape index (κ1) is 17.4. The Balaban J connectivity index is 2.05. The van der Waals surface area contributed by atoms with E-state index in [-0.39, 0.29) is 22.8 Å². The molecule has 0 unspecified atom stereocenters. The molecule has 0 atom stereocenters. The fraction of sp³-hybridized carbons (Fsp3) is 0.235. The van der Waals surface area contributed by atoms with Crippen LogP contribution in [-0.2, 0) is 11.8 Å². The average molecular weight is 333 g/mol. The van der Waals surface area contributed by atoms with Gasteiger partial charge in [0.25, 0.3) is 0 Å². The van der Waals surface area contributed by atoms with Crippen LogP contribution in [-0.4, -0.2) is 35.8 Å². The van der Waals surface area contributed by atoms with Crippen molar-refractivity contribution in [3.63, 3.8) is 0 Å². The van der Waals surface area contributed by atoms with Crippen molar-refractivity contribution < 1.29 is 28.2 Å². The molecule has 0 aliphatic rings. The van der Waals surface area contributed by atoms with Crippen LogP contribution >= 0.6 is 0 Å². The Bertz CT molecular complexity index is 809. The SMILES string of the molecule is COc1ccc(C(=O)COC(=O)c2cc(C(C)=O)cn2C)cc1F. The van der Waals surface area contributed by atoms with Crippen LogP contribution in [0.1, 0.15) is 38.1 Å². The second-order valence-corrected chi connectivity index (χ2v) is 5.13. The highest BCUT2D eigenvalue weighted by atomic mass is 19.1. The van der Waals surface area contributed by atoms with Gasteiger partial charge in [0.2, 0.25) is 0 Å². The normalized spacial score (nSPS) is 10.3. The highest BCUT2D eigenvalue weighted by Gasteiger charge is 2.17. The van der Waals surface area contributed by atoms with Gasteiger partial charge in [-0.1, -0.05) is 0 Å². The second-order valence-electron chi connectivity index (χ2n) is 5.13.